The van der Waals surface area contributed by atoms with E-state index in [4.69, 9.17) is 5.11 Å². The second-order valence-electron chi connectivity index (χ2n) is 3.51. The summed E-state index contributed by atoms with van der Waals surface area (Å²) >= 11 is 0. The Morgan fingerprint density at radius 1 is 1.27 bits per heavy atom. The number of hydrogen-bond acceptors (Lipinski definition) is 4. The van der Waals surface area contributed by atoms with Crippen molar-refractivity contribution in [2.45, 2.75) is 25.7 Å². The van der Waals surface area contributed by atoms with Gasteiger partial charge in [-0.15, -0.1) is 0 Å². The lowest BCUT2D eigenvalue weighted by Crippen LogP contribution is -2.25. The molecule has 15 heavy (non-hydrogen) atoms. The maximum absolute atomic E-state index is 11.0. The molecule has 0 spiro atoms. The molecule has 0 rings (SSSR count). The molecule has 0 aromatic rings. The van der Waals surface area contributed by atoms with Gasteiger partial charge in [-0.25, -0.2) is 8.42 Å². The number of carbonyl (C=O) groups is 1. The van der Waals surface area contributed by atoms with E-state index in [1.807, 2.05) is 0 Å². The predicted molar refractivity (Wildman–Crippen MR) is 58.3 cm³/mol. The first-order valence-electron chi connectivity index (χ1n) is 5.01. The van der Waals surface area contributed by atoms with Gasteiger partial charge in [0.1, 0.15) is 9.84 Å². The molecule has 0 aliphatic carbocycles. The number of aliphatic hydroxyl groups is 1. The number of aliphatic hydroxyl groups excluding tert-OH is 1. The summed E-state index contributed by atoms with van der Waals surface area (Å²) in [5.74, 6) is 0.0917. The van der Waals surface area contributed by atoms with Crippen molar-refractivity contribution < 1.29 is 18.3 Å². The van der Waals surface area contributed by atoms with Gasteiger partial charge >= 0.3 is 0 Å². The fourth-order valence-corrected chi connectivity index (χ4v) is 1.84. The molecule has 0 fully saturated rings. The third-order valence-corrected chi connectivity index (χ3v) is 2.88. The number of rotatable bonds is 8. The van der Waals surface area contributed by atoms with Gasteiger partial charge in [0.15, 0.2) is 0 Å². The summed E-state index contributed by atoms with van der Waals surface area (Å²) in [6.45, 7) is 0.224. The number of sulfone groups is 1. The zero-order chi connectivity index (χ0) is 11.7. The topological polar surface area (TPSA) is 83.5 Å². The molecule has 0 saturated heterocycles. The summed E-state index contributed by atoms with van der Waals surface area (Å²) in [5.41, 5.74) is 0. The smallest absolute Gasteiger partial charge is 0.220 e. The van der Waals surface area contributed by atoms with Crippen LogP contribution in [0.3, 0.4) is 0 Å². The van der Waals surface area contributed by atoms with Crippen LogP contribution < -0.4 is 5.32 Å². The molecule has 0 aromatic carbocycles. The van der Waals surface area contributed by atoms with E-state index in [1.165, 1.54) is 6.26 Å². The molecule has 6 heteroatoms. The van der Waals surface area contributed by atoms with Crippen LogP contribution in [-0.4, -0.2) is 44.6 Å². The van der Waals surface area contributed by atoms with Gasteiger partial charge in [0.05, 0.1) is 6.61 Å². The molecular formula is C9H19NO4S. The highest BCUT2D eigenvalue weighted by Crippen LogP contribution is 2.01. The molecule has 90 valence electrons. The van der Waals surface area contributed by atoms with Gasteiger partial charge in [-0.2, -0.15) is 0 Å². The highest BCUT2D eigenvalue weighted by Gasteiger charge is 2.03. The molecular weight excluding hydrogens is 218 g/mol. The monoisotopic (exact) mass is 237 g/mol. The quantitative estimate of drug-likeness (QED) is 0.568. The highest BCUT2D eigenvalue weighted by atomic mass is 32.2. The molecule has 0 saturated carbocycles. The van der Waals surface area contributed by atoms with Crippen molar-refractivity contribution in [1.82, 2.24) is 5.32 Å². The standard InChI is InChI=1S/C9H19NO4S/c1-15(13,14)8-4-2-3-5-9(12)10-6-7-11/h11H,2-8H2,1H3,(H,10,12). The Bertz CT molecular complexity index is 274. The number of hydrogen-bond donors (Lipinski definition) is 2. The number of unbranched alkanes of at least 4 members (excludes halogenated alkanes) is 2. The Balaban J connectivity index is 3.35. The molecule has 2 N–H and O–H groups in total. The number of carbonyl (C=O) groups excluding carboxylic acids is 1. The minimum absolute atomic E-state index is 0.0557. The second-order valence-corrected chi connectivity index (χ2v) is 5.77. The van der Waals surface area contributed by atoms with E-state index in [2.05, 4.69) is 5.32 Å². The van der Waals surface area contributed by atoms with Gasteiger partial charge in [0.25, 0.3) is 0 Å². The van der Waals surface area contributed by atoms with Crippen LogP contribution in [0.15, 0.2) is 0 Å². The van der Waals surface area contributed by atoms with Crippen LogP contribution >= 0.6 is 0 Å². The lowest BCUT2D eigenvalue weighted by atomic mass is 10.2. The molecule has 0 atom stereocenters. The highest BCUT2D eigenvalue weighted by molar-refractivity contribution is 7.90. The molecule has 5 nitrogen and oxygen atoms in total. The Morgan fingerprint density at radius 2 is 1.93 bits per heavy atom. The lowest BCUT2D eigenvalue weighted by molar-refractivity contribution is -0.121. The molecule has 0 aliphatic heterocycles. The van der Waals surface area contributed by atoms with Crippen molar-refractivity contribution >= 4 is 15.7 Å². The van der Waals surface area contributed by atoms with Gasteiger partial charge in [0.2, 0.25) is 5.91 Å². The van der Waals surface area contributed by atoms with Crippen molar-refractivity contribution in [1.29, 1.82) is 0 Å². The van der Waals surface area contributed by atoms with Crippen LogP contribution in [-0.2, 0) is 14.6 Å². The first-order valence-corrected chi connectivity index (χ1v) is 7.07. The molecule has 0 aromatic heterocycles. The van der Waals surface area contributed by atoms with Gasteiger partial charge in [-0.1, -0.05) is 6.42 Å². The summed E-state index contributed by atoms with van der Waals surface area (Å²) in [6.07, 6.45) is 3.63. The minimum atomic E-state index is -2.87. The molecule has 0 unspecified atom stereocenters. The van der Waals surface area contributed by atoms with E-state index in [0.717, 1.165) is 6.42 Å². The molecule has 1 amide bonds. The van der Waals surface area contributed by atoms with E-state index in [0.29, 0.717) is 19.3 Å². The fraction of sp³-hybridized carbons (Fsp3) is 0.889. The van der Waals surface area contributed by atoms with Crippen molar-refractivity contribution in [3.05, 3.63) is 0 Å². The third kappa shape index (κ3) is 11.3. The van der Waals surface area contributed by atoms with Crippen molar-refractivity contribution in [2.24, 2.45) is 0 Å². The first kappa shape index (κ1) is 14.4. The first-order chi connectivity index (χ1) is 6.95. The Labute approximate surface area is 90.8 Å². The van der Waals surface area contributed by atoms with Crippen LogP contribution in [0.25, 0.3) is 0 Å². The predicted octanol–water partition coefficient (Wildman–Crippen LogP) is -0.300. The average molecular weight is 237 g/mol. The molecule has 0 bridgehead atoms. The molecule has 0 heterocycles. The van der Waals surface area contributed by atoms with Crippen LogP contribution in [0.1, 0.15) is 25.7 Å². The third-order valence-electron chi connectivity index (χ3n) is 1.85. The van der Waals surface area contributed by atoms with E-state index in [-0.39, 0.29) is 24.8 Å². The zero-order valence-corrected chi connectivity index (χ0v) is 9.85. The van der Waals surface area contributed by atoms with Crippen LogP contribution in [0, 0.1) is 0 Å². The van der Waals surface area contributed by atoms with E-state index < -0.39 is 9.84 Å². The molecule has 0 radical (unpaired) electrons. The van der Waals surface area contributed by atoms with Crippen LogP contribution in [0.2, 0.25) is 0 Å². The largest absolute Gasteiger partial charge is 0.395 e. The summed E-state index contributed by atoms with van der Waals surface area (Å²) < 4.78 is 21.5. The SMILES string of the molecule is CS(=O)(=O)CCCCCC(=O)NCCO. The Hall–Kier alpha value is -0.620. The van der Waals surface area contributed by atoms with Crippen LogP contribution in [0.5, 0.6) is 0 Å². The maximum Gasteiger partial charge on any atom is 0.220 e. The number of amides is 1. The average Bonchev–Trinajstić information content (AvgIpc) is 2.12. The van der Waals surface area contributed by atoms with Gasteiger partial charge in [0, 0.05) is 25.0 Å². The van der Waals surface area contributed by atoms with Gasteiger partial charge < -0.3 is 10.4 Å². The second kappa shape index (κ2) is 7.64. The van der Waals surface area contributed by atoms with Gasteiger partial charge in [-0.05, 0) is 12.8 Å². The fourth-order valence-electron chi connectivity index (χ4n) is 1.11. The van der Waals surface area contributed by atoms with E-state index >= 15 is 0 Å². The van der Waals surface area contributed by atoms with Crippen molar-refractivity contribution in [3.63, 3.8) is 0 Å². The summed E-state index contributed by atoms with van der Waals surface area (Å²) in [7, 11) is -2.87. The van der Waals surface area contributed by atoms with E-state index in [1.54, 1.807) is 0 Å². The number of nitrogens with one attached hydrogen (secondary N) is 1. The summed E-state index contributed by atoms with van der Waals surface area (Å²) in [6, 6.07) is 0. The molecule has 0 aliphatic rings. The Morgan fingerprint density at radius 3 is 2.47 bits per heavy atom. The minimum Gasteiger partial charge on any atom is -0.395 e. The van der Waals surface area contributed by atoms with Crippen molar-refractivity contribution in [2.75, 3.05) is 25.2 Å². The summed E-state index contributed by atoms with van der Waals surface area (Å²) in [5, 5.41) is 11.0. The zero-order valence-electron chi connectivity index (χ0n) is 9.03. The normalized spacial score (nSPS) is 11.3. The van der Waals surface area contributed by atoms with Gasteiger partial charge in [-0.3, -0.25) is 4.79 Å². The lowest BCUT2D eigenvalue weighted by Gasteiger charge is -2.02. The maximum atomic E-state index is 11.0. The van der Waals surface area contributed by atoms with Crippen molar-refractivity contribution in [3.8, 4) is 0 Å². The Kier molecular flexibility index (Phi) is 7.33. The summed E-state index contributed by atoms with van der Waals surface area (Å²) in [4.78, 5) is 11.0. The van der Waals surface area contributed by atoms with Crippen LogP contribution in [0.4, 0.5) is 0 Å². The van der Waals surface area contributed by atoms with E-state index in [9.17, 15) is 13.2 Å².